The average Bonchev–Trinajstić information content (AvgIpc) is 3.73. The minimum Gasteiger partial charge on any atom is -0.508 e. The van der Waals surface area contributed by atoms with E-state index >= 15 is 4.39 Å². The molecule has 282 valence electrons. The normalized spacial score (nSPS) is 16.0. The van der Waals surface area contributed by atoms with Crippen LogP contribution >= 0.6 is 0 Å². The van der Waals surface area contributed by atoms with Crippen molar-refractivity contribution in [1.29, 1.82) is 0 Å². The zero-order chi connectivity index (χ0) is 38.2. The molecular weight excluding hydrogens is 703 g/mol. The molecule has 0 aliphatic carbocycles. The molecule has 3 aromatic carbocycles. The van der Waals surface area contributed by atoms with Crippen LogP contribution in [0, 0.1) is 12.7 Å². The van der Waals surface area contributed by atoms with E-state index in [2.05, 4.69) is 16.0 Å². The average molecular weight is 745 g/mol. The highest BCUT2D eigenvalue weighted by atomic mass is 19.1. The molecule has 8 rings (SSSR count). The molecule has 0 unspecified atom stereocenters. The fourth-order valence-corrected chi connectivity index (χ4v) is 7.97. The van der Waals surface area contributed by atoms with Crippen LogP contribution in [0.5, 0.6) is 5.75 Å². The van der Waals surface area contributed by atoms with Crippen molar-refractivity contribution in [2.45, 2.75) is 32.5 Å². The molecule has 2 aliphatic heterocycles. The first-order valence-corrected chi connectivity index (χ1v) is 18.5. The minimum atomic E-state index is -0.754. The Morgan fingerprint density at radius 1 is 0.945 bits per heavy atom. The van der Waals surface area contributed by atoms with Crippen molar-refractivity contribution in [3.63, 3.8) is 0 Å². The summed E-state index contributed by atoms with van der Waals surface area (Å²) in [6.07, 6.45) is 4.16. The maximum absolute atomic E-state index is 15.3. The number of halogens is 2. The molecule has 0 radical (unpaired) electrons. The van der Waals surface area contributed by atoms with Crippen LogP contribution in [0.1, 0.15) is 37.5 Å². The number of fused-ring (bicyclic) bond motifs is 2. The lowest BCUT2D eigenvalue weighted by molar-refractivity contribution is 0.0193. The highest BCUT2D eigenvalue weighted by molar-refractivity contribution is 6.13. The van der Waals surface area contributed by atoms with Gasteiger partial charge in [-0.05, 0) is 85.1 Å². The van der Waals surface area contributed by atoms with Crippen LogP contribution in [0.3, 0.4) is 0 Å². The number of phenols is 1. The van der Waals surface area contributed by atoms with Crippen molar-refractivity contribution in [2.75, 3.05) is 44.4 Å². The van der Waals surface area contributed by atoms with E-state index in [4.69, 9.17) is 4.74 Å². The Labute approximate surface area is 317 Å². The summed E-state index contributed by atoms with van der Waals surface area (Å²) in [6, 6.07) is 23.7. The second kappa shape index (κ2) is 15.1. The van der Waals surface area contributed by atoms with Crippen molar-refractivity contribution in [3.05, 3.63) is 131 Å². The van der Waals surface area contributed by atoms with E-state index in [0.29, 0.717) is 55.5 Å². The van der Waals surface area contributed by atoms with E-state index in [9.17, 15) is 19.1 Å². The minimum absolute atomic E-state index is 0.0352. The number of morpholine rings is 1. The molecule has 3 aromatic heterocycles. The second-order valence-corrected chi connectivity index (χ2v) is 14.2. The molecule has 1 fully saturated rings. The number of nitrogens with zero attached hydrogens (tertiary/aromatic N) is 6. The van der Waals surface area contributed by atoms with Gasteiger partial charge in [0, 0.05) is 73.4 Å². The fourth-order valence-electron chi connectivity index (χ4n) is 7.97. The second-order valence-electron chi connectivity index (χ2n) is 14.2. The molecule has 6 aromatic rings. The Morgan fingerprint density at radius 2 is 1.71 bits per heavy atom. The van der Waals surface area contributed by atoms with Crippen molar-refractivity contribution in [1.82, 2.24) is 23.9 Å². The van der Waals surface area contributed by atoms with Crippen LogP contribution < -0.4 is 4.90 Å². The summed E-state index contributed by atoms with van der Waals surface area (Å²) in [5, 5.41) is 10.9. The monoisotopic (exact) mass is 744 g/mol. The van der Waals surface area contributed by atoms with E-state index in [-0.39, 0.29) is 40.9 Å². The fraction of sp³-hybridized carbons (Fsp3) is 0.279. The first kappa shape index (κ1) is 36.1. The van der Waals surface area contributed by atoms with Crippen molar-refractivity contribution >= 4 is 34.2 Å². The molecule has 10 nitrogen and oxygen atoms in total. The van der Waals surface area contributed by atoms with Gasteiger partial charge >= 0.3 is 0 Å². The van der Waals surface area contributed by atoms with E-state index < -0.39 is 18.4 Å². The molecule has 55 heavy (non-hydrogen) atoms. The van der Waals surface area contributed by atoms with Gasteiger partial charge in [-0.3, -0.25) is 19.4 Å². The molecular formula is C43H42F2N6O4. The third kappa shape index (κ3) is 6.99. The third-order valence-electron chi connectivity index (χ3n) is 10.8. The first-order chi connectivity index (χ1) is 26.7. The highest BCUT2D eigenvalue weighted by Gasteiger charge is 2.34. The van der Waals surface area contributed by atoms with Gasteiger partial charge in [0.15, 0.2) is 0 Å². The standard InChI is InChI=1S/C43H42F2N6O4/c1-28-38(43(54)51(33-8-10-36(52)11-9-33)34-22-30-13-15-47(2)41(30)46-25-34)24-40(49(28)16-14-44)39-23-32(45)7-12-37(39)42(53)50-26-31-6-4-3-5-29(31)21-35(50)27-48-17-19-55-20-18-48/h3-13,15,22-25,35,52H,14,16-21,26-27H2,1-2H3/t35-/m0/s1. The highest BCUT2D eigenvalue weighted by Crippen LogP contribution is 2.36. The molecule has 1 saturated heterocycles. The number of ether oxygens (including phenoxy) is 1. The lowest BCUT2D eigenvalue weighted by Gasteiger charge is -2.40. The lowest BCUT2D eigenvalue weighted by Crippen LogP contribution is -2.52. The van der Waals surface area contributed by atoms with Crippen LogP contribution in [0.25, 0.3) is 22.3 Å². The SMILES string of the molecule is Cc1c(C(=O)N(c2ccc(O)cc2)c2cnc3c(ccn3C)c2)cc(-c2cc(F)ccc2C(=O)N2Cc3ccccc3C[C@H]2CN2CCOCC2)n1CCF. The Hall–Kier alpha value is -5.85. The number of carbonyl (C=O) groups is 2. The maximum Gasteiger partial charge on any atom is 0.264 e. The quantitative estimate of drug-likeness (QED) is 0.171. The molecule has 5 heterocycles. The molecule has 12 heteroatoms. The number of amides is 2. The zero-order valence-corrected chi connectivity index (χ0v) is 30.8. The number of alkyl halides is 1. The van der Waals surface area contributed by atoms with E-state index in [1.54, 1.807) is 35.9 Å². The Balaban J connectivity index is 1.21. The maximum atomic E-state index is 15.3. The number of aromatic hydroxyl groups is 1. The van der Waals surface area contributed by atoms with Crippen LogP contribution in [0.15, 0.2) is 97.3 Å². The largest absolute Gasteiger partial charge is 0.508 e. The zero-order valence-electron chi connectivity index (χ0n) is 30.8. The molecule has 0 saturated carbocycles. The first-order valence-electron chi connectivity index (χ1n) is 18.5. The van der Waals surface area contributed by atoms with Gasteiger partial charge in [-0.1, -0.05) is 24.3 Å². The van der Waals surface area contributed by atoms with Gasteiger partial charge < -0.3 is 23.9 Å². The van der Waals surface area contributed by atoms with Crippen molar-refractivity contribution in [2.24, 2.45) is 7.05 Å². The number of aryl methyl sites for hydroxylation is 1. The number of pyridine rings is 1. The van der Waals surface area contributed by atoms with Gasteiger partial charge in [0.2, 0.25) is 0 Å². The number of rotatable bonds is 9. The molecule has 1 N–H and O–H groups in total. The summed E-state index contributed by atoms with van der Waals surface area (Å²) < 4.78 is 38.8. The van der Waals surface area contributed by atoms with Crippen LogP contribution in [-0.4, -0.2) is 86.4 Å². The number of anilines is 2. The van der Waals surface area contributed by atoms with Gasteiger partial charge in [0.05, 0.1) is 42.9 Å². The Morgan fingerprint density at radius 3 is 2.47 bits per heavy atom. The summed E-state index contributed by atoms with van der Waals surface area (Å²) in [6.45, 7) is 4.70. The Kier molecular flexibility index (Phi) is 9.93. The topological polar surface area (TPSA) is 96.1 Å². The molecule has 2 amide bonds. The van der Waals surface area contributed by atoms with E-state index in [1.165, 1.54) is 40.8 Å². The van der Waals surface area contributed by atoms with Crippen LogP contribution in [-0.2, 0) is 31.3 Å². The van der Waals surface area contributed by atoms with E-state index in [0.717, 1.165) is 29.7 Å². The number of carbonyl (C=O) groups excluding carboxylic acids is 2. The van der Waals surface area contributed by atoms with Crippen LogP contribution in [0.4, 0.5) is 20.2 Å². The summed E-state index contributed by atoms with van der Waals surface area (Å²) in [5.74, 6) is -1.24. The van der Waals surface area contributed by atoms with Gasteiger partial charge in [0.1, 0.15) is 23.9 Å². The summed E-state index contributed by atoms with van der Waals surface area (Å²) in [5.41, 5.74) is 5.52. The summed E-state index contributed by atoms with van der Waals surface area (Å²) in [4.78, 5) is 40.0. The number of phenolic OH excluding ortho intramolecular Hbond substituents is 1. The number of benzene rings is 3. The predicted octanol–water partition coefficient (Wildman–Crippen LogP) is 7.04. The van der Waals surface area contributed by atoms with E-state index in [1.807, 2.05) is 53.0 Å². The van der Waals surface area contributed by atoms with Gasteiger partial charge in [0.25, 0.3) is 11.8 Å². The smallest absolute Gasteiger partial charge is 0.264 e. The predicted molar refractivity (Wildman–Crippen MR) is 207 cm³/mol. The molecule has 2 aliphatic rings. The number of hydrogen-bond donors (Lipinski definition) is 1. The van der Waals surface area contributed by atoms with Crippen molar-refractivity contribution < 1.29 is 28.2 Å². The summed E-state index contributed by atoms with van der Waals surface area (Å²) in [7, 11) is 1.89. The number of aromatic nitrogens is 3. The Bertz CT molecular complexity index is 2380. The molecule has 0 spiro atoms. The molecule has 1 atom stereocenters. The van der Waals surface area contributed by atoms with Crippen LogP contribution in [0.2, 0.25) is 0 Å². The third-order valence-corrected chi connectivity index (χ3v) is 10.8. The number of hydrogen-bond acceptors (Lipinski definition) is 6. The van der Waals surface area contributed by atoms with Crippen molar-refractivity contribution in [3.8, 4) is 17.0 Å². The van der Waals surface area contributed by atoms with Gasteiger partial charge in [-0.2, -0.15) is 0 Å². The molecule has 0 bridgehead atoms. The van der Waals surface area contributed by atoms with Gasteiger partial charge in [-0.25, -0.2) is 13.8 Å². The van der Waals surface area contributed by atoms with Gasteiger partial charge in [-0.15, -0.1) is 0 Å². The summed E-state index contributed by atoms with van der Waals surface area (Å²) >= 11 is 0. The lowest BCUT2D eigenvalue weighted by atomic mass is 9.92.